The largest absolute Gasteiger partial charge is 0.389 e. The Morgan fingerprint density at radius 1 is 1.24 bits per heavy atom. The molecule has 8 heteroatoms. The summed E-state index contributed by atoms with van der Waals surface area (Å²) in [5, 5.41) is 14.0. The van der Waals surface area contributed by atoms with E-state index in [4.69, 9.17) is 4.74 Å². The molecule has 3 saturated heterocycles. The Morgan fingerprint density at radius 2 is 2.00 bits per heavy atom. The number of aromatic nitrogens is 2. The number of nitrogens with zero attached hydrogens (tertiary/aromatic N) is 4. The number of piperidine rings is 2. The lowest BCUT2D eigenvalue weighted by atomic mass is 9.76. The minimum absolute atomic E-state index is 0.0545. The van der Waals surface area contributed by atoms with Crippen LogP contribution in [0.15, 0.2) is 12.4 Å². The highest BCUT2D eigenvalue weighted by Gasteiger charge is 2.44. The van der Waals surface area contributed by atoms with E-state index in [9.17, 15) is 9.90 Å². The maximum atomic E-state index is 12.8. The molecule has 136 valence electrons. The summed E-state index contributed by atoms with van der Waals surface area (Å²) in [7, 11) is 0. The highest BCUT2D eigenvalue weighted by molar-refractivity contribution is 5.93. The SMILES string of the molecule is O=C(c1cnc(N2CCOCC2)nc1)N1CC[C@@]2(O)CCNC[C@H]2C1. The molecule has 2 N–H and O–H groups in total. The maximum absolute atomic E-state index is 12.8. The predicted octanol–water partition coefficient (Wildman–Crippen LogP) is -0.500. The molecule has 0 spiro atoms. The number of anilines is 1. The van der Waals surface area contributed by atoms with Gasteiger partial charge in [-0.05, 0) is 19.4 Å². The zero-order valence-electron chi connectivity index (χ0n) is 14.4. The van der Waals surface area contributed by atoms with Gasteiger partial charge in [0, 0.05) is 51.0 Å². The van der Waals surface area contributed by atoms with Crippen LogP contribution < -0.4 is 10.2 Å². The molecule has 25 heavy (non-hydrogen) atoms. The van der Waals surface area contributed by atoms with Gasteiger partial charge in [0.05, 0.1) is 24.4 Å². The molecule has 1 amide bonds. The van der Waals surface area contributed by atoms with Gasteiger partial charge in [0.1, 0.15) is 0 Å². The predicted molar refractivity (Wildman–Crippen MR) is 91.5 cm³/mol. The van der Waals surface area contributed by atoms with Crippen molar-refractivity contribution in [1.29, 1.82) is 0 Å². The van der Waals surface area contributed by atoms with Crippen molar-refractivity contribution in [2.45, 2.75) is 18.4 Å². The van der Waals surface area contributed by atoms with Gasteiger partial charge in [-0.2, -0.15) is 0 Å². The van der Waals surface area contributed by atoms with Crippen LogP contribution in [0.3, 0.4) is 0 Å². The van der Waals surface area contributed by atoms with Crippen LogP contribution in [0.2, 0.25) is 0 Å². The number of carbonyl (C=O) groups is 1. The van der Waals surface area contributed by atoms with Gasteiger partial charge in [-0.3, -0.25) is 4.79 Å². The monoisotopic (exact) mass is 347 g/mol. The number of aliphatic hydroxyl groups is 1. The first kappa shape index (κ1) is 16.7. The third kappa shape index (κ3) is 3.33. The zero-order chi connectivity index (χ0) is 17.3. The number of rotatable bonds is 2. The fourth-order valence-corrected chi connectivity index (χ4v) is 3.95. The number of carbonyl (C=O) groups excluding carboxylic acids is 1. The van der Waals surface area contributed by atoms with Gasteiger partial charge >= 0.3 is 0 Å². The second-order valence-corrected chi connectivity index (χ2v) is 7.13. The molecule has 4 heterocycles. The van der Waals surface area contributed by atoms with E-state index < -0.39 is 5.60 Å². The van der Waals surface area contributed by atoms with Crippen molar-refractivity contribution in [2.75, 3.05) is 57.4 Å². The van der Waals surface area contributed by atoms with Crippen LogP contribution in [0.25, 0.3) is 0 Å². The number of fused-ring (bicyclic) bond motifs is 1. The van der Waals surface area contributed by atoms with Crippen LogP contribution in [0, 0.1) is 5.92 Å². The average molecular weight is 347 g/mol. The topological polar surface area (TPSA) is 90.8 Å². The highest BCUT2D eigenvalue weighted by atomic mass is 16.5. The van der Waals surface area contributed by atoms with Crippen LogP contribution in [0.4, 0.5) is 5.95 Å². The van der Waals surface area contributed by atoms with E-state index >= 15 is 0 Å². The van der Waals surface area contributed by atoms with E-state index in [1.54, 1.807) is 12.4 Å². The molecule has 1 aromatic rings. The van der Waals surface area contributed by atoms with E-state index in [1.807, 2.05) is 4.90 Å². The van der Waals surface area contributed by atoms with Crippen LogP contribution in [-0.2, 0) is 4.74 Å². The Morgan fingerprint density at radius 3 is 2.76 bits per heavy atom. The first-order chi connectivity index (χ1) is 12.2. The number of ether oxygens (including phenoxy) is 1. The van der Waals surface area contributed by atoms with Crippen molar-refractivity contribution in [3.8, 4) is 0 Å². The summed E-state index contributed by atoms with van der Waals surface area (Å²) in [6, 6.07) is 0. The lowest BCUT2D eigenvalue weighted by molar-refractivity contribution is -0.0817. The minimum Gasteiger partial charge on any atom is -0.389 e. The summed E-state index contributed by atoms with van der Waals surface area (Å²) >= 11 is 0. The molecular weight excluding hydrogens is 322 g/mol. The molecule has 0 bridgehead atoms. The molecule has 3 aliphatic heterocycles. The van der Waals surface area contributed by atoms with E-state index in [2.05, 4.69) is 20.2 Å². The Bertz CT molecular complexity index is 619. The zero-order valence-corrected chi connectivity index (χ0v) is 14.4. The average Bonchev–Trinajstić information content (AvgIpc) is 2.67. The number of hydrogen-bond acceptors (Lipinski definition) is 7. The molecule has 0 unspecified atom stereocenters. The van der Waals surface area contributed by atoms with Crippen molar-refractivity contribution in [3.05, 3.63) is 18.0 Å². The molecule has 3 fully saturated rings. The van der Waals surface area contributed by atoms with Crippen molar-refractivity contribution >= 4 is 11.9 Å². The summed E-state index contributed by atoms with van der Waals surface area (Å²) < 4.78 is 5.33. The smallest absolute Gasteiger partial charge is 0.257 e. The molecule has 3 aliphatic rings. The first-order valence-corrected chi connectivity index (χ1v) is 9.03. The summed E-state index contributed by atoms with van der Waals surface area (Å²) in [4.78, 5) is 25.4. The quantitative estimate of drug-likeness (QED) is 0.745. The fraction of sp³-hybridized carbons (Fsp3) is 0.706. The summed E-state index contributed by atoms with van der Waals surface area (Å²) in [6.07, 6.45) is 4.62. The van der Waals surface area contributed by atoms with Crippen LogP contribution in [0.5, 0.6) is 0 Å². The molecule has 0 saturated carbocycles. The Balaban J connectivity index is 1.42. The molecule has 4 rings (SSSR count). The molecule has 0 radical (unpaired) electrons. The third-order valence-corrected chi connectivity index (χ3v) is 5.61. The molecule has 2 atom stereocenters. The Hall–Kier alpha value is -1.77. The Labute approximate surface area is 147 Å². The van der Waals surface area contributed by atoms with Crippen LogP contribution in [-0.4, -0.2) is 84.0 Å². The number of hydrogen-bond donors (Lipinski definition) is 2. The molecule has 8 nitrogen and oxygen atoms in total. The number of nitrogens with one attached hydrogen (secondary N) is 1. The molecular formula is C17H25N5O3. The lowest BCUT2D eigenvalue weighted by Gasteiger charge is -2.47. The van der Waals surface area contributed by atoms with Crippen molar-refractivity contribution in [2.24, 2.45) is 5.92 Å². The fourth-order valence-electron chi connectivity index (χ4n) is 3.95. The summed E-state index contributed by atoms with van der Waals surface area (Å²) in [5.41, 5.74) is -0.121. The van der Waals surface area contributed by atoms with Gasteiger partial charge in [-0.1, -0.05) is 0 Å². The maximum Gasteiger partial charge on any atom is 0.257 e. The molecule has 0 aromatic carbocycles. The van der Waals surface area contributed by atoms with E-state index in [-0.39, 0.29) is 11.8 Å². The lowest BCUT2D eigenvalue weighted by Crippen LogP contribution is -2.59. The minimum atomic E-state index is -0.626. The summed E-state index contributed by atoms with van der Waals surface area (Å²) in [6.45, 7) is 5.65. The van der Waals surface area contributed by atoms with Crippen LogP contribution >= 0.6 is 0 Å². The first-order valence-electron chi connectivity index (χ1n) is 9.03. The van der Waals surface area contributed by atoms with Crippen LogP contribution in [0.1, 0.15) is 23.2 Å². The van der Waals surface area contributed by atoms with Gasteiger partial charge < -0.3 is 25.0 Å². The molecule has 0 aliphatic carbocycles. The van der Waals surface area contributed by atoms with Gasteiger partial charge in [0.2, 0.25) is 5.95 Å². The van der Waals surface area contributed by atoms with Gasteiger partial charge in [0.15, 0.2) is 0 Å². The van der Waals surface area contributed by atoms with Gasteiger partial charge in [-0.25, -0.2) is 9.97 Å². The van der Waals surface area contributed by atoms with Gasteiger partial charge in [-0.15, -0.1) is 0 Å². The number of morpholine rings is 1. The Kier molecular flexibility index (Phi) is 4.58. The third-order valence-electron chi connectivity index (χ3n) is 5.61. The second kappa shape index (κ2) is 6.86. The number of likely N-dealkylation sites (tertiary alicyclic amines) is 1. The van der Waals surface area contributed by atoms with Gasteiger partial charge in [0.25, 0.3) is 5.91 Å². The van der Waals surface area contributed by atoms with E-state index in [1.165, 1.54) is 0 Å². The van der Waals surface area contributed by atoms with E-state index in [0.717, 1.165) is 32.6 Å². The standard InChI is InChI=1S/C17H25N5O3/c23-15(22-4-2-17(24)1-3-18-11-14(17)12-22)13-9-19-16(20-10-13)21-5-7-25-8-6-21/h9-10,14,18,24H,1-8,11-12H2/t14-,17-/m0/s1. The second-order valence-electron chi connectivity index (χ2n) is 7.13. The number of amides is 1. The van der Waals surface area contributed by atoms with Crippen molar-refractivity contribution in [3.63, 3.8) is 0 Å². The summed E-state index contributed by atoms with van der Waals surface area (Å²) in [5.74, 6) is 0.679. The van der Waals surface area contributed by atoms with Crippen molar-refractivity contribution in [1.82, 2.24) is 20.2 Å². The van der Waals surface area contributed by atoms with E-state index in [0.29, 0.717) is 44.2 Å². The van der Waals surface area contributed by atoms with Crippen molar-refractivity contribution < 1.29 is 14.6 Å². The highest BCUT2D eigenvalue weighted by Crippen LogP contribution is 2.33. The molecule has 1 aromatic heterocycles. The normalized spacial score (nSPS) is 30.0.